The third-order valence-corrected chi connectivity index (χ3v) is 4.23. The molecule has 0 nitrogen and oxygen atoms in total. The van der Waals surface area contributed by atoms with Gasteiger partial charge < -0.3 is 0 Å². The highest BCUT2D eigenvalue weighted by Gasteiger charge is 2.07. The molecule has 0 atom stereocenters. The Bertz CT molecular complexity index is 426. The minimum Gasteiger partial charge on any atom is -0.127 e. The molecule has 110 valence electrons. The normalized spacial score (nSPS) is 11.0. The van der Waals surface area contributed by atoms with Gasteiger partial charge in [0, 0.05) is 5.56 Å². The van der Waals surface area contributed by atoms with Crippen LogP contribution in [0.25, 0.3) is 0 Å². The van der Waals surface area contributed by atoms with Crippen LogP contribution >= 0.6 is 0 Å². The van der Waals surface area contributed by atoms with Crippen molar-refractivity contribution in [1.29, 1.82) is 0 Å². The van der Waals surface area contributed by atoms with E-state index in [4.69, 9.17) is 0 Å². The van der Waals surface area contributed by atoms with Crippen LogP contribution in [0.15, 0.2) is 24.3 Å². The summed E-state index contributed by atoms with van der Waals surface area (Å²) in [6.45, 7) is 9.12. The molecule has 0 radical (unpaired) electrons. The van der Waals surface area contributed by atoms with E-state index in [9.17, 15) is 0 Å². The molecule has 0 aliphatic heterocycles. The summed E-state index contributed by atoms with van der Waals surface area (Å²) in [5.74, 6) is 3.31. The zero-order chi connectivity index (χ0) is 14.8. The molecule has 0 bridgehead atoms. The van der Waals surface area contributed by atoms with E-state index in [-0.39, 0.29) is 0 Å². The van der Waals surface area contributed by atoms with Crippen molar-refractivity contribution in [3.05, 3.63) is 35.4 Å². The van der Waals surface area contributed by atoms with Gasteiger partial charge in [-0.05, 0) is 30.5 Å². The third kappa shape index (κ3) is 8.22. The fraction of sp³-hybridized carbons (Fsp3) is 0.579. The molecular formula is C19H30Si. The molecule has 0 aliphatic carbocycles. The van der Waals surface area contributed by atoms with Crippen molar-refractivity contribution in [3.8, 4) is 11.5 Å². The van der Waals surface area contributed by atoms with Crippen LogP contribution in [0.1, 0.15) is 56.6 Å². The Labute approximate surface area is 127 Å². The molecule has 0 saturated carbocycles. The van der Waals surface area contributed by atoms with Crippen LogP contribution in [0.3, 0.4) is 0 Å². The van der Waals surface area contributed by atoms with E-state index in [1.807, 2.05) is 0 Å². The Morgan fingerprint density at radius 2 is 1.45 bits per heavy atom. The molecule has 20 heavy (non-hydrogen) atoms. The first-order valence-electron chi connectivity index (χ1n) is 8.13. The topological polar surface area (TPSA) is 0 Å². The van der Waals surface area contributed by atoms with Crippen molar-refractivity contribution < 1.29 is 0 Å². The van der Waals surface area contributed by atoms with Crippen molar-refractivity contribution >= 4 is 8.07 Å². The average molecular weight is 287 g/mol. The first-order chi connectivity index (χ1) is 9.51. The van der Waals surface area contributed by atoms with Crippen molar-refractivity contribution in [2.75, 3.05) is 0 Å². The maximum atomic E-state index is 3.42. The second kappa shape index (κ2) is 9.03. The van der Waals surface area contributed by atoms with Crippen molar-refractivity contribution in [2.24, 2.45) is 0 Å². The quantitative estimate of drug-likeness (QED) is 0.336. The van der Waals surface area contributed by atoms with Gasteiger partial charge in [0.25, 0.3) is 0 Å². The zero-order valence-corrected chi connectivity index (χ0v) is 14.8. The second-order valence-corrected chi connectivity index (χ2v) is 11.5. The summed E-state index contributed by atoms with van der Waals surface area (Å²) in [4.78, 5) is 0. The summed E-state index contributed by atoms with van der Waals surface area (Å²) in [5, 5.41) is 0. The number of aryl methyl sites for hydroxylation is 1. The highest BCUT2D eigenvalue weighted by atomic mass is 28.3. The Kier molecular flexibility index (Phi) is 7.70. The lowest BCUT2D eigenvalue weighted by atomic mass is 10.0. The van der Waals surface area contributed by atoms with Crippen LogP contribution in [-0.4, -0.2) is 8.07 Å². The van der Waals surface area contributed by atoms with Gasteiger partial charge in [0.1, 0.15) is 8.07 Å². The Morgan fingerprint density at radius 1 is 0.850 bits per heavy atom. The molecule has 0 aliphatic rings. The minimum absolute atomic E-state index is 1.17. The predicted molar refractivity (Wildman–Crippen MR) is 93.7 cm³/mol. The van der Waals surface area contributed by atoms with Crippen LogP contribution in [-0.2, 0) is 6.42 Å². The molecule has 0 N–H and O–H groups in total. The zero-order valence-electron chi connectivity index (χ0n) is 13.8. The molecule has 0 saturated heterocycles. The fourth-order valence-corrected chi connectivity index (χ4v) is 2.64. The van der Waals surface area contributed by atoms with Gasteiger partial charge in [-0.15, -0.1) is 5.54 Å². The fourth-order valence-electron chi connectivity index (χ4n) is 2.12. The number of unbranched alkanes of at least 4 members (excludes halogenated alkanes) is 5. The van der Waals surface area contributed by atoms with Crippen LogP contribution < -0.4 is 0 Å². The van der Waals surface area contributed by atoms with E-state index in [0.29, 0.717) is 0 Å². The van der Waals surface area contributed by atoms with Gasteiger partial charge in [0.15, 0.2) is 0 Å². The van der Waals surface area contributed by atoms with E-state index < -0.39 is 8.07 Å². The summed E-state index contributed by atoms with van der Waals surface area (Å²) in [6, 6.07) is 8.86. The average Bonchev–Trinajstić information content (AvgIpc) is 2.41. The van der Waals surface area contributed by atoms with Crippen LogP contribution in [0, 0.1) is 11.5 Å². The summed E-state index contributed by atoms with van der Waals surface area (Å²) in [6.07, 6.45) is 9.44. The molecule has 0 unspecified atom stereocenters. The van der Waals surface area contributed by atoms with Gasteiger partial charge in [0.2, 0.25) is 0 Å². The lowest BCUT2D eigenvalue weighted by Crippen LogP contribution is -2.16. The van der Waals surface area contributed by atoms with Crippen LogP contribution in [0.5, 0.6) is 0 Å². The maximum Gasteiger partial charge on any atom is 0.129 e. The van der Waals surface area contributed by atoms with E-state index in [2.05, 4.69) is 62.3 Å². The molecule has 1 aromatic rings. The van der Waals surface area contributed by atoms with E-state index >= 15 is 0 Å². The van der Waals surface area contributed by atoms with Crippen LogP contribution in [0.2, 0.25) is 19.6 Å². The van der Waals surface area contributed by atoms with Gasteiger partial charge in [0.05, 0.1) is 0 Å². The van der Waals surface area contributed by atoms with E-state index in [0.717, 1.165) is 0 Å². The third-order valence-electron chi connectivity index (χ3n) is 3.35. The Hall–Kier alpha value is -1.00. The van der Waals surface area contributed by atoms with Crippen molar-refractivity contribution in [3.63, 3.8) is 0 Å². The first kappa shape index (κ1) is 17.0. The monoisotopic (exact) mass is 286 g/mol. The SMILES string of the molecule is CCCCCCCCc1ccc(C#C[Si](C)(C)C)cc1. The smallest absolute Gasteiger partial charge is 0.127 e. The van der Waals surface area contributed by atoms with Gasteiger partial charge >= 0.3 is 0 Å². The molecule has 1 aromatic carbocycles. The summed E-state index contributed by atoms with van der Waals surface area (Å²) >= 11 is 0. The number of hydrogen-bond donors (Lipinski definition) is 0. The molecule has 0 heterocycles. The standard InChI is InChI=1S/C19H30Si/c1-5-6-7-8-9-10-11-18-12-14-19(15-13-18)16-17-20(2,3)4/h12-15H,5-11H2,1-4H3. The Balaban J connectivity index is 2.33. The van der Waals surface area contributed by atoms with E-state index in [1.54, 1.807) is 0 Å². The highest BCUT2D eigenvalue weighted by Crippen LogP contribution is 2.11. The molecule has 0 fully saturated rings. The van der Waals surface area contributed by atoms with Gasteiger partial charge in [-0.3, -0.25) is 0 Å². The molecular weight excluding hydrogens is 256 g/mol. The van der Waals surface area contributed by atoms with Crippen LogP contribution in [0.4, 0.5) is 0 Å². The first-order valence-corrected chi connectivity index (χ1v) is 11.6. The highest BCUT2D eigenvalue weighted by molar-refractivity contribution is 6.83. The summed E-state index contributed by atoms with van der Waals surface area (Å²) < 4.78 is 0. The van der Waals surface area contributed by atoms with Gasteiger partial charge in [-0.25, -0.2) is 0 Å². The molecule has 0 spiro atoms. The van der Waals surface area contributed by atoms with Gasteiger partial charge in [-0.1, -0.05) is 76.7 Å². The summed E-state index contributed by atoms with van der Waals surface area (Å²) in [5.41, 5.74) is 6.04. The molecule has 1 rings (SSSR count). The molecule has 0 aromatic heterocycles. The maximum absolute atomic E-state index is 3.42. The van der Waals surface area contributed by atoms with Gasteiger partial charge in [-0.2, -0.15) is 0 Å². The number of hydrogen-bond acceptors (Lipinski definition) is 0. The number of rotatable bonds is 7. The molecule has 0 amide bonds. The van der Waals surface area contributed by atoms with Crippen molar-refractivity contribution in [2.45, 2.75) is 71.5 Å². The lowest BCUT2D eigenvalue weighted by Gasteiger charge is -2.04. The predicted octanol–water partition coefficient (Wildman–Crippen LogP) is 5.82. The number of benzene rings is 1. The largest absolute Gasteiger partial charge is 0.129 e. The summed E-state index contributed by atoms with van der Waals surface area (Å²) in [7, 11) is -1.25. The molecule has 1 heteroatoms. The lowest BCUT2D eigenvalue weighted by molar-refractivity contribution is 0.607. The Morgan fingerprint density at radius 3 is 2.05 bits per heavy atom. The van der Waals surface area contributed by atoms with E-state index in [1.165, 1.54) is 56.1 Å². The minimum atomic E-state index is -1.25. The van der Waals surface area contributed by atoms with Crippen molar-refractivity contribution in [1.82, 2.24) is 0 Å². The second-order valence-electron chi connectivity index (χ2n) is 6.71.